The van der Waals surface area contributed by atoms with Crippen LogP contribution in [0.15, 0.2) is 30.6 Å². The lowest BCUT2D eigenvalue weighted by atomic mass is 10.2. The van der Waals surface area contributed by atoms with Crippen LogP contribution in [-0.4, -0.2) is 49.5 Å². The van der Waals surface area contributed by atoms with E-state index >= 15 is 0 Å². The molecule has 2 rings (SSSR count). The smallest absolute Gasteiger partial charge is 0.239 e. The highest BCUT2D eigenvalue weighted by Gasteiger charge is 2.09. The lowest BCUT2D eigenvalue weighted by molar-refractivity contribution is -0.125. The molecule has 0 bridgehead atoms. The van der Waals surface area contributed by atoms with Gasteiger partial charge in [0.25, 0.3) is 0 Å². The summed E-state index contributed by atoms with van der Waals surface area (Å²) in [7, 11) is 3.04. The Morgan fingerprint density at radius 1 is 1.24 bits per heavy atom. The number of nitrogens with one attached hydrogen (secondary N) is 2. The Balaban J connectivity index is 1.91. The number of rotatable bonds is 7. The fourth-order valence-electron chi connectivity index (χ4n) is 1.83. The number of carbonyl (C=O) groups excluding carboxylic acids is 1. The molecule has 2 N–H and O–H groups in total. The number of anilines is 1. The van der Waals surface area contributed by atoms with Gasteiger partial charge in [-0.25, -0.2) is 9.97 Å². The van der Waals surface area contributed by atoms with Gasteiger partial charge in [0.1, 0.15) is 12.1 Å². The SMILES string of the molecule is COC(CNC(=O)CNc1ncnc2ccccc12)OC. The van der Waals surface area contributed by atoms with Gasteiger partial charge in [-0.05, 0) is 12.1 Å². The normalized spacial score (nSPS) is 10.8. The zero-order valence-corrected chi connectivity index (χ0v) is 12.0. The molecule has 0 saturated carbocycles. The average Bonchev–Trinajstić information content (AvgIpc) is 2.53. The number of hydrogen-bond acceptors (Lipinski definition) is 6. The van der Waals surface area contributed by atoms with Crippen molar-refractivity contribution in [2.24, 2.45) is 0 Å². The molecular formula is C14H18N4O3. The zero-order valence-electron chi connectivity index (χ0n) is 12.0. The Bertz CT molecular complexity index is 596. The highest BCUT2D eigenvalue weighted by atomic mass is 16.7. The molecule has 0 unspecified atom stereocenters. The van der Waals surface area contributed by atoms with Crippen molar-refractivity contribution in [1.29, 1.82) is 0 Å². The number of fused-ring (bicyclic) bond motifs is 1. The predicted octanol–water partition coefficient (Wildman–Crippen LogP) is 0.777. The lowest BCUT2D eigenvalue weighted by Crippen LogP contribution is -2.37. The van der Waals surface area contributed by atoms with Crippen molar-refractivity contribution >= 4 is 22.6 Å². The first-order valence-corrected chi connectivity index (χ1v) is 6.50. The highest BCUT2D eigenvalue weighted by molar-refractivity contribution is 5.90. The van der Waals surface area contributed by atoms with Crippen LogP contribution in [-0.2, 0) is 14.3 Å². The van der Waals surface area contributed by atoms with E-state index < -0.39 is 6.29 Å². The van der Waals surface area contributed by atoms with Gasteiger partial charge < -0.3 is 20.1 Å². The second-order valence-electron chi connectivity index (χ2n) is 4.30. The number of hydrogen-bond donors (Lipinski definition) is 2. The van der Waals surface area contributed by atoms with Crippen LogP contribution in [0.5, 0.6) is 0 Å². The summed E-state index contributed by atoms with van der Waals surface area (Å²) >= 11 is 0. The first kappa shape index (κ1) is 15.1. The number of amides is 1. The first-order valence-electron chi connectivity index (χ1n) is 6.50. The van der Waals surface area contributed by atoms with Gasteiger partial charge in [-0.1, -0.05) is 12.1 Å². The number of nitrogens with zero attached hydrogens (tertiary/aromatic N) is 2. The van der Waals surface area contributed by atoms with Crippen molar-refractivity contribution in [1.82, 2.24) is 15.3 Å². The minimum atomic E-state index is -0.450. The van der Waals surface area contributed by atoms with Crippen LogP contribution in [0.4, 0.5) is 5.82 Å². The molecule has 0 aliphatic heterocycles. The van der Waals surface area contributed by atoms with E-state index in [0.29, 0.717) is 5.82 Å². The predicted molar refractivity (Wildman–Crippen MR) is 78.8 cm³/mol. The first-order chi connectivity index (χ1) is 10.2. The molecule has 0 fully saturated rings. The zero-order chi connectivity index (χ0) is 15.1. The van der Waals surface area contributed by atoms with Gasteiger partial charge in [0, 0.05) is 19.6 Å². The molecule has 1 aromatic carbocycles. The van der Waals surface area contributed by atoms with Crippen molar-refractivity contribution in [3.8, 4) is 0 Å². The van der Waals surface area contributed by atoms with Crippen molar-refractivity contribution in [3.63, 3.8) is 0 Å². The highest BCUT2D eigenvalue weighted by Crippen LogP contribution is 2.17. The van der Waals surface area contributed by atoms with Crippen LogP contribution >= 0.6 is 0 Å². The molecular weight excluding hydrogens is 272 g/mol. The molecule has 0 atom stereocenters. The van der Waals surface area contributed by atoms with E-state index in [1.54, 1.807) is 0 Å². The van der Waals surface area contributed by atoms with E-state index in [2.05, 4.69) is 20.6 Å². The number of benzene rings is 1. The molecule has 0 spiro atoms. The van der Waals surface area contributed by atoms with E-state index in [4.69, 9.17) is 9.47 Å². The van der Waals surface area contributed by atoms with E-state index in [1.165, 1.54) is 20.5 Å². The Kier molecular flexibility index (Phi) is 5.42. The number of aromatic nitrogens is 2. The van der Waals surface area contributed by atoms with E-state index in [9.17, 15) is 4.79 Å². The van der Waals surface area contributed by atoms with Gasteiger partial charge >= 0.3 is 0 Å². The largest absolute Gasteiger partial charge is 0.360 e. The minimum Gasteiger partial charge on any atom is -0.360 e. The molecule has 1 heterocycles. The monoisotopic (exact) mass is 290 g/mol. The van der Waals surface area contributed by atoms with Crippen LogP contribution in [0.25, 0.3) is 10.9 Å². The Hall–Kier alpha value is -2.25. The average molecular weight is 290 g/mol. The molecule has 21 heavy (non-hydrogen) atoms. The standard InChI is InChI=1S/C14H18N4O3/c1-20-13(21-2)8-15-12(19)7-16-14-10-5-3-4-6-11(10)17-9-18-14/h3-6,9,13H,7-8H2,1-2H3,(H,15,19)(H,16,17,18). The van der Waals surface area contributed by atoms with Crippen LogP contribution in [0.1, 0.15) is 0 Å². The molecule has 0 aliphatic carbocycles. The van der Waals surface area contributed by atoms with Crippen LogP contribution < -0.4 is 10.6 Å². The minimum absolute atomic E-state index is 0.112. The number of ether oxygens (including phenoxy) is 2. The summed E-state index contributed by atoms with van der Waals surface area (Å²) in [6.45, 7) is 0.402. The molecule has 1 aromatic heterocycles. The summed E-state index contributed by atoms with van der Waals surface area (Å²) < 4.78 is 9.98. The third kappa shape index (κ3) is 4.11. The third-order valence-corrected chi connectivity index (χ3v) is 2.95. The lowest BCUT2D eigenvalue weighted by Gasteiger charge is -2.14. The van der Waals surface area contributed by atoms with E-state index in [-0.39, 0.29) is 19.0 Å². The maximum atomic E-state index is 11.8. The summed E-state index contributed by atoms with van der Waals surface area (Å²) in [5.74, 6) is 0.461. The molecule has 7 heteroatoms. The van der Waals surface area contributed by atoms with Gasteiger partial charge in [-0.3, -0.25) is 4.79 Å². The molecule has 112 valence electrons. The van der Waals surface area contributed by atoms with Gasteiger partial charge in [0.15, 0.2) is 6.29 Å². The maximum Gasteiger partial charge on any atom is 0.239 e. The molecule has 0 aliphatic rings. The maximum absolute atomic E-state index is 11.8. The topological polar surface area (TPSA) is 85.4 Å². The number of methoxy groups -OCH3 is 2. The molecule has 0 saturated heterocycles. The van der Waals surface area contributed by atoms with Crippen molar-refractivity contribution in [2.75, 3.05) is 32.6 Å². The van der Waals surface area contributed by atoms with E-state index in [1.807, 2.05) is 24.3 Å². The van der Waals surface area contributed by atoms with Crippen LogP contribution in [0.3, 0.4) is 0 Å². The summed E-state index contributed by atoms with van der Waals surface area (Å²) in [5.41, 5.74) is 0.828. The molecule has 1 amide bonds. The summed E-state index contributed by atoms with van der Waals surface area (Å²) in [5, 5.41) is 6.58. The van der Waals surface area contributed by atoms with Crippen LogP contribution in [0.2, 0.25) is 0 Å². The van der Waals surface area contributed by atoms with Crippen molar-refractivity contribution in [3.05, 3.63) is 30.6 Å². The molecule has 0 radical (unpaired) electrons. The quantitative estimate of drug-likeness (QED) is 0.733. The van der Waals surface area contributed by atoms with Crippen molar-refractivity contribution in [2.45, 2.75) is 6.29 Å². The third-order valence-electron chi connectivity index (χ3n) is 2.95. The van der Waals surface area contributed by atoms with Crippen LogP contribution in [0, 0.1) is 0 Å². The summed E-state index contributed by atoms with van der Waals surface area (Å²) in [6, 6.07) is 7.60. The fourth-order valence-corrected chi connectivity index (χ4v) is 1.83. The second-order valence-corrected chi connectivity index (χ2v) is 4.30. The molecule has 2 aromatic rings. The fraction of sp³-hybridized carbons (Fsp3) is 0.357. The van der Waals surface area contributed by atoms with Gasteiger partial charge in [0.2, 0.25) is 5.91 Å². The Morgan fingerprint density at radius 2 is 2.00 bits per heavy atom. The van der Waals surface area contributed by atoms with Gasteiger partial charge in [-0.15, -0.1) is 0 Å². The number of para-hydroxylation sites is 1. The Labute approximate surface area is 122 Å². The second kappa shape index (κ2) is 7.51. The van der Waals surface area contributed by atoms with E-state index in [0.717, 1.165) is 10.9 Å². The molecule has 7 nitrogen and oxygen atoms in total. The van der Waals surface area contributed by atoms with Gasteiger partial charge in [0.05, 0.1) is 18.6 Å². The van der Waals surface area contributed by atoms with Crippen molar-refractivity contribution < 1.29 is 14.3 Å². The Morgan fingerprint density at radius 3 is 2.76 bits per heavy atom. The van der Waals surface area contributed by atoms with Gasteiger partial charge in [-0.2, -0.15) is 0 Å². The summed E-state index contributed by atoms with van der Waals surface area (Å²) in [4.78, 5) is 20.1. The number of carbonyl (C=O) groups is 1. The summed E-state index contributed by atoms with van der Waals surface area (Å²) in [6.07, 6.45) is 1.02.